The van der Waals surface area contributed by atoms with Crippen molar-refractivity contribution >= 4 is 52.8 Å². The zero-order chi connectivity index (χ0) is 31.7. The summed E-state index contributed by atoms with van der Waals surface area (Å²) in [5.41, 5.74) is 1.98. The van der Waals surface area contributed by atoms with Gasteiger partial charge in [0.1, 0.15) is 17.2 Å². The number of hydrogen-bond acceptors (Lipinski definition) is 6. The second-order valence-electron chi connectivity index (χ2n) is 10.2. The Hall–Kier alpha value is -4.61. The van der Waals surface area contributed by atoms with Crippen LogP contribution in [0.1, 0.15) is 19.3 Å². The summed E-state index contributed by atoms with van der Waals surface area (Å²) in [6.07, 6.45) is 4.99. The second kappa shape index (κ2) is 14.7. The van der Waals surface area contributed by atoms with Gasteiger partial charge in [0.2, 0.25) is 0 Å². The largest absolute Gasteiger partial charge is 0.478 e. The van der Waals surface area contributed by atoms with Crippen LogP contribution in [0.15, 0.2) is 89.9 Å². The first-order valence-electron chi connectivity index (χ1n) is 13.9. The number of aliphatic carboxylic acids is 2. The van der Waals surface area contributed by atoms with E-state index in [1.54, 1.807) is 30.6 Å². The predicted molar refractivity (Wildman–Crippen MR) is 165 cm³/mol. The molecule has 5 rings (SSSR count). The molecule has 0 aliphatic carbocycles. The summed E-state index contributed by atoms with van der Waals surface area (Å²) in [7, 11) is 0. The van der Waals surface area contributed by atoms with Crippen LogP contribution in [0.5, 0.6) is 0 Å². The van der Waals surface area contributed by atoms with Crippen molar-refractivity contribution in [2.24, 2.45) is 4.99 Å². The number of likely N-dealkylation sites (tertiary alicyclic amines) is 1. The maximum Gasteiger partial charge on any atom is 0.328 e. The van der Waals surface area contributed by atoms with Crippen LogP contribution in [0.4, 0.5) is 25.8 Å². The van der Waals surface area contributed by atoms with Crippen LogP contribution >= 0.6 is 11.6 Å². The van der Waals surface area contributed by atoms with E-state index in [0.717, 1.165) is 43.1 Å². The number of carbonyl (C=O) groups is 3. The summed E-state index contributed by atoms with van der Waals surface area (Å²) >= 11 is 6.04. The van der Waals surface area contributed by atoms with Gasteiger partial charge in [-0.25, -0.2) is 23.4 Å². The molecule has 2 aliphatic heterocycles. The van der Waals surface area contributed by atoms with Crippen LogP contribution in [-0.4, -0.2) is 71.0 Å². The summed E-state index contributed by atoms with van der Waals surface area (Å²) in [5.74, 6) is -3.19. The molecule has 3 aromatic rings. The topological polar surface area (TPSA) is 114 Å². The van der Waals surface area contributed by atoms with E-state index in [2.05, 4.69) is 14.8 Å². The van der Waals surface area contributed by atoms with Crippen molar-refractivity contribution < 1.29 is 33.4 Å². The van der Waals surface area contributed by atoms with Gasteiger partial charge in [0.15, 0.2) is 0 Å². The Morgan fingerprint density at radius 3 is 1.84 bits per heavy atom. The Labute approximate surface area is 258 Å². The quantitative estimate of drug-likeness (QED) is 0.289. The Balaban J connectivity index is 0.000000488. The predicted octanol–water partition coefficient (Wildman–Crippen LogP) is 5.77. The van der Waals surface area contributed by atoms with Crippen molar-refractivity contribution in [2.75, 3.05) is 36.0 Å². The molecule has 44 heavy (non-hydrogen) atoms. The van der Waals surface area contributed by atoms with Crippen molar-refractivity contribution in [1.29, 1.82) is 0 Å². The van der Waals surface area contributed by atoms with Crippen LogP contribution in [-0.2, 0) is 14.4 Å². The molecule has 0 radical (unpaired) electrons. The van der Waals surface area contributed by atoms with Crippen molar-refractivity contribution in [1.82, 2.24) is 4.90 Å². The molecule has 1 spiro atoms. The standard InChI is InChI=1S/C28H27ClF2N4O.C4H4O4/c29-21-2-8-26(9-3-21)35-20-32-27(36)28(35)14-18-33(19-15-28)16-1-17-34(24-10-4-22(30)5-11-24)25-12-6-23(31)7-13-25;5-3(6)1-2-4(7)8/h2-13,20H,1,14-19H2;1-2H,(H,5,6)(H,7,8)/b;2-1+. The molecule has 9 nitrogen and oxygen atoms in total. The molecule has 2 heterocycles. The van der Waals surface area contributed by atoms with Gasteiger partial charge >= 0.3 is 11.9 Å². The normalized spacial score (nSPS) is 15.8. The molecule has 0 aromatic heterocycles. The first kappa shape index (κ1) is 32.3. The van der Waals surface area contributed by atoms with Crippen LogP contribution in [0.3, 0.4) is 0 Å². The fourth-order valence-corrected chi connectivity index (χ4v) is 5.33. The highest BCUT2D eigenvalue weighted by Gasteiger charge is 2.49. The van der Waals surface area contributed by atoms with Gasteiger partial charge in [0.25, 0.3) is 5.91 Å². The molecule has 0 atom stereocenters. The lowest BCUT2D eigenvalue weighted by atomic mass is 9.85. The molecule has 3 aromatic carbocycles. The third-order valence-corrected chi connectivity index (χ3v) is 7.69. The lowest BCUT2D eigenvalue weighted by molar-refractivity contribution is -0.134. The van der Waals surface area contributed by atoms with E-state index in [4.69, 9.17) is 21.8 Å². The van der Waals surface area contributed by atoms with Crippen molar-refractivity contribution in [3.05, 3.63) is 102 Å². The van der Waals surface area contributed by atoms with E-state index in [1.165, 1.54) is 24.3 Å². The number of benzene rings is 3. The Bertz CT molecular complexity index is 1450. The number of rotatable bonds is 9. The molecule has 1 saturated heterocycles. The number of aliphatic imine (C=N–C) groups is 1. The Morgan fingerprint density at radius 1 is 0.864 bits per heavy atom. The van der Waals surface area contributed by atoms with Gasteiger partial charge in [-0.15, -0.1) is 0 Å². The highest BCUT2D eigenvalue weighted by Crippen LogP contribution is 2.37. The van der Waals surface area contributed by atoms with E-state index < -0.39 is 17.5 Å². The highest BCUT2D eigenvalue weighted by molar-refractivity contribution is 6.30. The number of anilines is 3. The van der Waals surface area contributed by atoms with Gasteiger partial charge in [-0.1, -0.05) is 11.6 Å². The maximum absolute atomic E-state index is 13.5. The number of hydrogen-bond donors (Lipinski definition) is 2. The van der Waals surface area contributed by atoms with Crippen LogP contribution in [0.25, 0.3) is 0 Å². The number of nitrogens with zero attached hydrogens (tertiary/aromatic N) is 4. The lowest BCUT2D eigenvalue weighted by Gasteiger charge is -2.43. The highest BCUT2D eigenvalue weighted by atomic mass is 35.5. The first-order chi connectivity index (χ1) is 21.1. The number of carboxylic acids is 2. The van der Waals surface area contributed by atoms with Gasteiger partial charge in [-0.05, 0) is 98.6 Å². The SMILES string of the molecule is O=C(O)/C=C/C(=O)O.O=C1N=CN(c2ccc(Cl)cc2)C12CCN(CCCN(c1ccc(F)cc1)c1ccc(F)cc1)CC2. The summed E-state index contributed by atoms with van der Waals surface area (Å²) in [4.78, 5) is 42.5. The van der Waals surface area contributed by atoms with Gasteiger partial charge in [0.05, 0.1) is 6.34 Å². The van der Waals surface area contributed by atoms with Gasteiger partial charge < -0.3 is 24.9 Å². The Kier molecular flexibility index (Phi) is 10.8. The number of piperidine rings is 1. The zero-order valence-electron chi connectivity index (χ0n) is 23.7. The van der Waals surface area contributed by atoms with Crippen molar-refractivity contribution in [2.45, 2.75) is 24.8 Å². The average Bonchev–Trinajstić information content (AvgIpc) is 3.32. The average molecular weight is 625 g/mol. The molecule has 0 bridgehead atoms. The molecule has 0 unspecified atom stereocenters. The lowest BCUT2D eigenvalue weighted by Crippen LogP contribution is -2.56. The zero-order valence-corrected chi connectivity index (χ0v) is 24.4. The monoisotopic (exact) mass is 624 g/mol. The van der Waals surface area contributed by atoms with Gasteiger partial charge in [-0.2, -0.15) is 0 Å². The molecule has 2 aliphatic rings. The van der Waals surface area contributed by atoms with E-state index in [-0.39, 0.29) is 17.5 Å². The minimum absolute atomic E-state index is 0.0871. The third kappa shape index (κ3) is 8.27. The van der Waals surface area contributed by atoms with Crippen molar-refractivity contribution in [3.8, 4) is 0 Å². The number of carboxylic acid groups (broad SMARTS) is 2. The molecular formula is C32H31ClF2N4O5. The fraction of sp³-hybridized carbons (Fsp3) is 0.250. The second-order valence-corrected chi connectivity index (χ2v) is 10.7. The van der Waals surface area contributed by atoms with E-state index in [0.29, 0.717) is 36.6 Å². The van der Waals surface area contributed by atoms with Crippen LogP contribution in [0, 0.1) is 11.6 Å². The first-order valence-corrected chi connectivity index (χ1v) is 14.2. The van der Waals surface area contributed by atoms with Crippen molar-refractivity contribution in [3.63, 3.8) is 0 Å². The molecule has 12 heteroatoms. The molecule has 0 saturated carbocycles. The molecule has 1 fully saturated rings. The summed E-state index contributed by atoms with van der Waals surface area (Å²) in [5, 5.41) is 16.3. The summed E-state index contributed by atoms with van der Waals surface area (Å²) in [6.45, 7) is 3.11. The fourth-order valence-electron chi connectivity index (χ4n) is 5.21. The minimum Gasteiger partial charge on any atom is -0.478 e. The molecule has 230 valence electrons. The van der Waals surface area contributed by atoms with E-state index in [1.807, 2.05) is 29.2 Å². The van der Waals surface area contributed by atoms with Crippen LogP contribution < -0.4 is 9.80 Å². The van der Waals surface area contributed by atoms with E-state index in [9.17, 15) is 23.2 Å². The number of amides is 1. The molecule has 2 N–H and O–H groups in total. The molecular weight excluding hydrogens is 594 g/mol. The Morgan fingerprint density at radius 2 is 1.36 bits per heavy atom. The van der Waals surface area contributed by atoms with Gasteiger partial charge in [-0.3, -0.25) is 4.79 Å². The smallest absolute Gasteiger partial charge is 0.328 e. The maximum atomic E-state index is 13.5. The van der Waals surface area contributed by atoms with E-state index >= 15 is 0 Å². The summed E-state index contributed by atoms with van der Waals surface area (Å²) < 4.78 is 27.0. The minimum atomic E-state index is -1.26. The van der Waals surface area contributed by atoms with Crippen LogP contribution in [0.2, 0.25) is 5.02 Å². The number of carbonyl (C=O) groups excluding carboxylic acids is 1. The number of halogens is 3. The third-order valence-electron chi connectivity index (χ3n) is 7.44. The molecule has 1 amide bonds. The summed E-state index contributed by atoms with van der Waals surface area (Å²) in [6, 6.07) is 20.2. The van der Waals surface area contributed by atoms with Gasteiger partial charge in [0, 0.05) is 53.9 Å².